The lowest BCUT2D eigenvalue weighted by Gasteiger charge is -2.13. The molecule has 1 aromatic carbocycles. The SMILES string of the molecule is O=C(C[C@H]1NC(=O)N(Cc2ccc3c(c2)OCO3)C1=O)NCCc1cccs1. The topological polar surface area (TPSA) is 97.0 Å². The quantitative estimate of drug-likeness (QED) is 0.688. The normalized spacial score (nSPS) is 17.7. The van der Waals surface area contributed by atoms with Crippen molar-refractivity contribution in [1.29, 1.82) is 0 Å². The lowest BCUT2D eigenvalue weighted by molar-refractivity contribution is -0.131. The van der Waals surface area contributed by atoms with Crippen molar-refractivity contribution < 1.29 is 23.9 Å². The lowest BCUT2D eigenvalue weighted by atomic mass is 10.1. The first-order valence-electron chi connectivity index (χ1n) is 8.89. The van der Waals surface area contributed by atoms with Crippen LogP contribution in [0.2, 0.25) is 0 Å². The van der Waals surface area contributed by atoms with E-state index in [0.717, 1.165) is 16.9 Å². The smallest absolute Gasteiger partial charge is 0.325 e. The molecule has 0 bridgehead atoms. The Morgan fingerprint density at radius 2 is 2.11 bits per heavy atom. The van der Waals surface area contributed by atoms with Crippen LogP contribution in [0.4, 0.5) is 4.79 Å². The monoisotopic (exact) mass is 401 g/mol. The van der Waals surface area contributed by atoms with Gasteiger partial charge in [-0.25, -0.2) is 4.79 Å². The molecule has 0 aliphatic carbocycles. The molecule has 2 N–H and O–H groups in total. The minimum atomic E-state index is -0.844. The Kier molecular flexibility index (Phi) is 5.16. The summed E-state index contributed by atoms with van der Waals surface area (Å²) in [6.07, 6.45) is 0.664. The number of carbonyl (C=O) groups is 3. The van der Waals surface area contributed by atoms with Gasteiger partial charge in [-0.3, -0.25) is 14.5 Å². The van der Waals surface area contributed by atoms with E-state index in [2.05, 4.69) is 10.6 Å². The van der Waals surface area contributed by atoms with Crippen molar-refractivity contribution in [1.82, 2.24) is 15.5 Å². The summed E-state index contributed by atoms with van der Waals surface area (Å²) >= 11 is 1.63. The van der Waals surface area contributed by atoms with Crippen molar-refractivity contribution in [2.24, 2.45) is 0 Å². The van der Waals surface area contributed by atoms with Gasteiger partial charge in [-0.05, 0) is 35.6 Å². The molecule has 1 aromatic heterocycles. The van der Waals surface area contributed by atoms with Gasteiger partial charge in [-0.1, -0.05) is 12.1 Å². The van der Waals surface area contributed by atoms with E-state index in [1.165, 1.54) is 4.88 Å². The summed E-state index contributed by atoms with van der Waals surface area (Å²) in [7, 11) is 0. The van der Waals surface area contributed by atoms with E-state index in [-0.39, 0.29) is 25.7 Å². The van der Waals surface area contributed by atoms with Crippen LogP contribution >= 0.6 is 11.3 Å². The fourth-order valence-electron chi connectivity index (χ4n) is 3.12. The zero-order valence-corrected chi connectivity index (χ0v) is 15.8. The van der Waals surface area contributed by atoms with Gasteiger partial charge >= 0.3 is 6.03 Å². The van der Waals surface area contributed by atoms with Crippen molar-refractivity contribution in [3.05, 3.63) is 46.2 Å². The third-order valence-corrected chi connectivity index (χ3v) is 5.48. The van der Waals surface area contributed by atoms with Crippen LogP contribution in [0, 0.1) is 0 Å². The highest BCUT2D eigenvalue weighted by molar-refractivity contribution is 7.09. The molecule has 2 aromatic rings. The summed E-state index contributed by atoms with van der Waals surface area (Å²) in [5.41, 5.74) is 0.744. The van der Waals surface area contributed by atoms with Gasteiger partial charge in [0.05, 0.1) is 13.0 Å². The average Bonchev–Trinajstić information content (AvgIpc) is 3.40. The third kappa shape index (κ3) is 3.94. The van der Waals surface area contributed by atoms with Gasteiger partial charge in [0.1, 0.15) is 6.04 Å². The van der Waals surface area contributed by atoms with Crippen molar-refractivity contribution in [2.75, 3.05) is 13.3 Å². The van der Waals surface area contributed by atoms with Gasteiger partial charge in [-0.15, -0.1) is 11.3 Å². The molecule has 1 atom stereocenters. The molecule has 0 spiro atoms. The highest BCUT2D eigenvalue weighted by atomic mass is 32.1. The molecule has 0 saturated carbocycles. The maximum Gasteiger partial charge on any atom is 0.325 e. The number of ether oxygens (including phenoxy) is 2. The molecule has 2 aliphatic heterocycles. The molecule has 8 nitrogen and oxygen atoms in total. The number of hydrogen-bond acceptors (Lipinski definition) is 6. The van der Waals surface area contributed by atoms with Crippen LogP contribution < -0.4 is 20.1 Å². The largest absolute Gasteiger partial charge is 0.454 e. The second kappa shape index (κ2) is 7.89. The van der Waals surface area contributed by atoms with Crippen LogP contribution in [0.3, 0.4) is 0 Å². The van der Waals surface area contributed by atoms with Crippen molar-refractivity contribution in [3.8, 4) is 11.5 Å². The van der Waals surface area contributed by atoms with E-state index in [4.69, 9.17) is 9.47 Å². The minimum absolute atomic E-state index is 0.0767. The first-order valence-corrected chi connectivity index (χ1v) is 9.77. The predicted octanol–water partition coefficient (Wildman–Crippen LogP) is 1.65. The third-order valence-electron chi connectivity index (χ3n) is 4.55. The molecule has 1 fully saturated rings. The van der Waals surface area contributed by atoms with E-state index in [1.807, 2.05) is 17.5 Å². The highest BCUT2D eigenvalue weighted by Crippen LogP contribution is 2.33. The fraction of sp³-hybridized carbons (Fsp3) is 0.316. The van der Waals surface area contributed by atoms with Crippen LogP contribution in [0.1, 0.15) is 16.9 Å². The summed E-state index contributed by atoms with van der Waals surface area (Å²) in [6.45, 7) is 0.762. The van der Waals surface area contributed by atoms with E-state index in [9.17, 15) is 14.4 Å². The van der Waals surface area contributed by atoms with Gasteiger partial charge in [0.15, 0.2) is 11.5 Å². The van der Waals surface area contributed by atoms with E-state index < -0.39 is 18.0 Å². The zero-order chi connectivity index (χ0) is 19.5. The molecule has 3 heterocycles. The van der Waals surface area contributed by atoms with Gasteiger partial charge in [0, 0.05) is 11.4 Å². The number of thiophene rings is 1. The number of urea groups is 1. The fourth-order valence-corrected chi connectivity index (χ4v) is 3.83. The van der Waals surface area contributed by atoms with Gasteiger partial charge < -0.3 is 20.1 Å². The molecular formula is C19H19N3O5S. The molecule has 1 saturated heterocycles. The Bertz CT molecular complexity index is 899. The van der Waals surface area contributed by atoms with Crippen molar-refractivity contribution >= 4 is 29.2 Å². The minimum Gasteiger partial charge on any atom is -0.454 e. The summed E-state index contributed by atoms with van der Waals surface area (Å²) in [5, 5.41) is 7.36. The Balaban J connectivity index is 1.30. The maximum absolute atomic E-state index is 12.6. The number of nitrogens with one attached hydrogen (secondary N) is 2. The molecule has 28 heavy (non-hydrogen) atoms. The van der Waals surface area contributed by atoms with Crippen molar-refractivity contribution in [3.63, 3.8) is 0 Å². The van der Waals surface area contributed by atoms with Crippen LogP contribution in [0.15, 0.2) is 35.7 Å². The van der Waals surface area contributed by atoms with Crippen LogP contribution in [0.25, 0.3) is 0 Å². The van der Waals surface area contributed by atoms with Crippen LogP contribution in [-0.2, 0) is 22.6 Å². The second-order valence-corrected chi connectivity index (χ2v) is 7.53. The Hall–Kier alpha value is -3.07. The molecule has 4 rings (SSSR count). The van der Waals surface area contributed by atoms with Crippen LogP contribution in [-0.4, -0.2) is 42.1 Å². The molecular weight excluding hydrogens is 382 g/mol. The number of rotatable bonds is 7. The Morgan fingerprint density at radius 1 is 1.25 bits per heavy atom. The number of carbonyl (C=O) groups excluding carboxylic acids is 3. The molecule has 2 aliphatic rings. The summed E-state index contributed by atoms with van der Waals surface area (Å²) in [4.78, 5) is 39.2. The number of amides is 4. The molecule has 0 unspecified atom stereocenters. The van der Waals surface area contributed by atoms with Gasteiger partial charge in [-0.2, -0.15) is 0 Å². The number of benzene rings is 1. The van der Waals surface area contributed by atoms with Crippen LogP contribution in [0.5, 0.6) is 11.5 Å². The Morgan fingerprint density at radius 3 is 2.93 bits per heavy atom. The number of imide groups is 1. The summed E-state index contributed by atoms with van der Waals surface area (Å²) < 4.78 is 10.6. The maximum atomic E-state index is 12.6. The standard InChI is InChI=1S/C19H19N3O5S/c23-17(20-6-5-13-2-1-7-28-13)9-14-18(24)22(19(25)21-14)10-12-3-4-15-16(8-12)27-11-26-15/h1-4,7-8,14H,5-6,9-11H2,(H,20,23)(H,21,25)/t14-/m1/s1. The van der Waals surface area contributed by atoms with Crippen molar-refractivity contribution in [2.45, 2.75) is 25.4 Å². The van der Waals surface area contributed by atoms with Gasteiger partial charge in [0.2, 0.25) is 12.7 Å². The first-order chi connectivity index (χ1) is 13.6. The molecule has 146 valence electrons. The van der Waals surface area contributed by atoms with Gasteiger partial charge in [0.25, 0.3) is 5.91 Å². The van der Waals surface area contributed by atoms with E-state index in [0.29, 0.717) is 18.0 Å². The summed E-state index contributed by atoms with van der Waals surface area (Å²) in [5.74, 6) is 0.556. The predicted molar refractivity (Wildman–Crippen MR) is 101 cm³/mol. The molecule has 0 radical (unpaired) electrons. The number of nitrogens with zero attached hydrogens (tertiary/aromatic N) is 1. The Labute approximate surface area is 165 Å². The number of fused-ring (bicyclic) bond motifs is 1. The highest BCUT2D eigenvalue weighted by Gasteiger charge is 2.39. The number of hydrogen-bond donors (Lipinski definition) is 2. The van der Waals surface area contributed by atoms with E-state index in [1.54, 1.807) is 29.5 Å². The first kappa shape index (κ1) is 18.3. The molecule has 9 heteroatoms. The molecule has 4 amide bonds. The second-order valence-electron chi connectivity index (χ2n) is 6.50. The van der Waals surface area contributed by atoms with E-state index >= 15 is 0 Å². The zero-order valence-electron chi connectivity index (χ0n) is 15.0. The average molecular weight is 401 g/mol. The lowest BCUT2D eigenvalue weighted by Crippen LogP contribution is -2.37. The summed E-state index contributed by atoms with van der Waals surface area (Å²) in [6, 6.07) is 7.89.